The standard InChI is InChI=1S/C24H20N2O4/c1-2-3-14-29-23(27)16-8-6-9-17(15-16)30-24(28)18-10-7-13-21-22(18)26-20-12-5-4-11-19(20)25-21/h4-13,15H,2-3,14H2,1H3. The Hall–Kier alpha value is -3.80. The molecular formula is C24H20N2O4. The zero-order valence-electron chi connectivity index (χ0n) is 16.5. The van der Waals surface area contributed by atoms with Crippen LogP contribution in [-0.2, 0) is 4.74 Å². The Morgan fingerprint density at radius 1 is 0.833 bits per heavy atom. The molecule has 6 nitrogen and oxygen atoms in total. The second-order valence-corrected chi connectivity index (χ2v) is 6.79. The van der Waals surface area contributed by atoms with Gasteiger partial charge >= 0.3 is 11.9 Å². The van der Waals surface area contributed by atoms with Crippen molar-refractivity contribution in [1.82, 2.24) is 9.97 Å². The summed E-state index contributed by atoms with van der Waals surface area (Å²) in [5.41, 5.74) is 3.17. The molecule has 0 amide bonds. The summed E-state index contributed by atoms with van der Waals surface area (Å²) in [6.07, 6.45) is 1.74. The maximum absolute atomic E-state index is 12.9. The van der Waals surface area contributed by atoms with Gasteiger partial charge in [0.1, 0.15) is 11.3 Å². The molecule has 0 aliphatic carbocycles. The van der Waals surface area contributed by atoms with Gasteiger partial charge in [-0.3, -0.25) is 0 Å². The van der Waals surface area contributed by atoms with Crippen molar-refractivity contribution < 1.29 is 19.1 Å². The van der Waals surface area contributed by atoms with Crippen LogP contribution in [0.4, 0.5) is 0 Å². The fraction of sp³-hybridized carbons (Fsp3) is 0.167. The number of ether oxygens (including phenoxy) is 2. The molecule has 1 heterocycles. The lowest BCUT2D eigenvalue weighted by molar-refractivity contribution is 0.0498. The van der Waals surface area contributed by atoms with E-state index >= 15 is 0 Å². The lowest BCUT2D eigenvalue weighted by Gasteiger charge is -2.09. The second-order valence-electron chi connectivity index (χ2n) is 6.79. The van der Waals surface area contributed by atoms with Crippen LogP contribution in [0.5, 0.6) is 5.75 Å². The number of hydrogen-bond acceptors (Lipinski definition) is 6. The van der Waals surface area contributed by atoms with Crippen molar-refractivity contribution in [3.63, 3.8) is 0 Å². The van der Waals surface area contributed by atoms with E-state index in [0.717, 1.165) is 18.4 Å². The molecule has 6 heteroatoms. The minimum atomic E-state index is -0.568. The van der Waals surface area contributed by atoms with Crippen LogP contribution in [0.2, 0.25) is 0 Å². The van der Waals surface area contributed by atoms with Gasteiger partial charge in [-0.05, 0) is 48.9 Å². The molecule has 0 bridgehead atoms. The van der Waals surface area contributed by atoms with E-state index in [-0.39, 0.29) is 5.75 Å². The maximum atomic E-state index is 12.9. The van der Waals surface area contributed by atoms with E-state index < -0.39 is 11.9 Å². The lowest BCUT2D eigenvalue weighted by Crippen LogP contribution is -2.11. The molecule has 4 rings (SSSR count). The fourth-order valence-corrected chi connectivity index (χ4v) is 3.05. The zero-order chi connectivity index (χ0) is 20.9. The Balaban J connectivity index is 1.60. The molecule has 0 spiro atoms. The molecule has 0 atom stereocenters. The highest BCUT2D eigenvalue weighted by atomic mass is 16.5. The largest absolute Gasteiger partial charge is 0.462 e. The zero-order valence-corrected chi connectivity index (χ0v) is 16.5. The van der Waals surface area contributed by atoms with Crippen LogP contribution in [0.1, 0.15) is 40.5 Å². The predicted molar refractivity (Wildman–Crippen MR) is 114 cm³/mol. The third kappa shape index (κ3) is 4.12. The fourth-order valence-electron chi connectivity index (χ4n) is 3.05. The van der Waals surface area contributed by atoms with E-state index in [9.17, 15) is 9.59 Å². The second kappa shape index (κ2) is 8.69. The highest BCUT2D eigenvalue weighted by Gasteiger charge is 2.16. The predicted octanol–water partition coefficient (Wildman–Crippen LogP) is 4.96. The van der Waals surface area contributed by atoms with E-state index in [1.165, 1.54) is 6.07 Å². The number of para-hydroxylation sites is 3. The van der Waals surface area contributed by atoms with Crippen LogP contribution in [0.25, 0.3) is 22.1 Å². The van der Waals surface area contributed by atoms with E-state index in [2.05, 4.69) is 9.97 Å². The van der Waals surface area contributed by atoms with Crippen molar-refractivity contribution in [3.8, 4) is 5.75 Å². The molecular weight excluding hydrogens is 380 g/mol. The summed E-state index contributed by atoms with van der Waals surface area (Å²) in [5, 5.41) is 0. The number of unbranched alkanes of at least 4 members (excludes halogenated alkanes) is 1. The van der Waals surface area contributed by atoms with Crippen molar-refractivity contribution in [1.29, 1.82) is 0 Å². The number of aromatic nitrogens is 2. The normalized spacial score (nSPS) is 10.8. The van der Waals surface area contributed by atoms with Crippen molar-refractivity contribution in [2.45, 2.75) is 19.8 Å². The Labute approximate surface area is 173 Å². The van der Waals surface area contributed by atoms with Crippen molar-refractivity contribution >= 4 is 34.0 Å². The summed E-state index contributed by atoms with van der Waals surface area (Å²) in [7, 11) is 0. The van der Waals surface area contributed by atoms with Gasteiger partial charge in [-0.15, -0.1) is 0 Å². The van der Waals surface area contributed by atoms with Gasteiger partial charge in [-0.25, -0.2) is 19.6 Å². The first-order valence-electron chi connectivity index (χ1n) is 9.80. The highest BCUT2D eigenvalue weighted by Crippen LogP contribution is 2.22. The average Bonchev–Trinajstić information content (AvgIpc) is 2.77. The van der Waals surface area contributed by atoms with Gasteiger partial charge in [-0.1, -0.05) is 37.6 Å². The third-order valence-corrected chi connectivity index (χ3v) is 4.60. The van der Waals surface area contributed by atoms with Gasteiger partial charge in [0.25, 0.3) is 0 Å². The van der Waals surface area contributed by atoms with Gasteiger partial charge < -0.3 is 9.47 Å². The Kier molecular flexibility index (Phi) is 5.66. The Bertz CT molecular complexity index is 1240. The van der Waals surface area contributed by atoms with Crippen LogP contribution >= 0.6 is 0 Å². The van der Waals surface area contributed by atoms with E-state index in [0.29, 0.717) is 34.3 Å². The molecule has 0 aliphatic heterocycles. The monoisotopic (exact) mass is 400 g/mol. The average molecular weight is 400 g/mol. The Morgan fingerprint density at radius 2 is 1.57 bits per heavy atom. The molecule has 0 saturated carbocycles. The minimum Gasteiger partial charge on any atom is -0.462 e. The van der Waals surface area contributed by atoms with Gasteiger partial charge in [-0.2, -0.15) is 0 Å². The molecule has 150 valence electrons. The summed E-state index contributed by atoms with van der Waals surface area (Å²) in [5.74, 6) is -0.749. The van der Waals surface area contributed by atoms with E-state index in [4.69, 9.17) is 9.47 Å². The lowest BCUT2D eigenvalue weighted by atomic mass is 10.1. The topological polar surface area (TPSA) is 78.4 Å². The number of rotatable bonds is 6. The molecule has 0 radical (unpaired) electrons. The van der Waals surface area contributed by atoms with Crippen LogP contribution in [0.15, 0.2) is 66.7 Å². The minimum absolute atomic E-state index is 0.260. The van der Waals surface area contributed by atoms with Crippen molar-refractivity contribution in [3.05, 3.63) is 77.9 Å². The molecule has 0 aliphatic rings. The summed E-state index contributed by atoms with van der Waals surface area (Å²) in [6, 6.07) is 19.1. The molecule has 4 aromatic rings. The van der Waals surface area contributed by atoms with Gasteiger partial charge in [0, 0.05) is 0 Å². The van der Waals surface area contributed by atoms with Crippen LogP contribution < -0.4 is 4.74 Å². The number of hydrogen-bond donors (Lipinski definition) is 0. The van der Waals surface area contributed by atoms with E-state index in [1.807, 2.05) is 31.2 Å². The molecule has 0 N–H and O–H groups in total. The third-order valence-electron chi connectivity index (χ3n) is 4.60. The molecule has 1 aromatic heterocycles. The highest BCUT2D eigenvalue weighted by molar-refractivity contribution is 6.04. The summed E-state index contributed by atoms with van der Waals surface area (Å²) in [6.45, 7) is 2.39. The number of nitrogens with zero attached hydrogens (tertiary/aromatic N) is 2. The smallest absolute Gasteiger partial charge is 0.345 e. The van der Waals surface area contributed by atoms with Crippen LogP contribution in [0, 0.1) is 0 Å². The first-order chi connectivity index (χ1) is 14.7. The Morgan fingerprint density at radius 3 is 2.37 bits per heavy atom. The summed E-state index contributed by atoms with van der Waals surface area (Å²) in [4.78, 5) is 34.2. The number of carbonyl (C=O) groups is 2. The summed E-state index contributed by atoms with van der Waals surface area (Å²) >= 11 is 0. The molecule has 3 aromatic carbocycles. The molecule has 30 heavy (non-hydrogen) atoms. The number of carbonyl (C=O) groups excluding carboxylic acids is 2. The first kappa shape index (κ1) is 19.5. The van der Waals surface area contributed by atoms with Crippen LogP contribution in [0.3, 0.4) is 0 Å². The maximum Gasteiger partial charge on any atom is 0.345 e. The summed E-state index contributed by atoms with van der Waals surface area (Å²) < 4.78 is 10.7. The number of esters is 2. The van der Waals surface area contributed by atoms with Crippen molar-refractivity contribution in [2.75, 3.05) is 6.61 Å². The van der Waals surface area contributed by atoms with E-state index in [1.54, 1.807) is 36.4 Å². The van der Waals surface area contributed by atoms with Gasteiger partial charge in [0.15, 0.2) is 0 Å². The number of benzene rings is 3. The van der Waals surface area contributed by atoms with Gasteiger partial charge in [0.05, 0.1) is 34.3 Å². The number of fused-ring (bicyclic) bond motifs is 2. The van der Waals surface area contributed by atoms with Crippen molar-refractivity contribution in [2.24, 2.45) is 0 Å². The SMILES string of the molecule is CCCCOC(=O)c1cccc(OC(=O)c2cccc3nc4ccccc4nc23)c1. The molecule has 0 fully saturated rings. The molecule has 0 unspecified atom stereocenters. The molecule has 0 saturated heterocycles. The van der Waals surface area contributed by atoms with Gasteiger partial charge in [0.2, 0.25) is 0 Å². The van der Waals surface area contributed by atoms with Crippen LogP contribution in [-0.4, -0.2) is 28.5 Å². The quantitative estimate of drug-likeness (QED) is 0.197. The first-order valence-corrected chi connectivity index (χ1v) is 9.80.